The maximum atomic E-state index is 11.2. The molecular formula is C4H9N5O2S2. The zero-order valence-electron chi connectivity index (χ0n) is 6.89. The zero-order valence-corrected chi connectivity index (χ0v) is 8.52. The minimum Gasteiger partial charge on any atom is -0.319 e. The number of nitrogens with zero attached hydrogens (tertiary/aromatic N) is 3. The molecule has 1 aromatic heterocycles. The Morgan fingerprint density at radius 3 is 2.85 bits per heavy atom. The van der Waals surface area contributed by atoms with Gasteiger partial charge in [0.2, 0.25) is 15.2 Å². The highest BCUT2D eigenvalue weighted by molar-refractivity contribution is 7.92. The number of anilines is 1. The van der Waals surface area contributed by atoms with Crippen molar-refractivity contribution in [2.24, 2.45) is 0 Å². The van der Waals surface area contributed by atoms with Crippen molar-refractivity contribution in [2.75, 3.05) is 24.1 Å². The number of hydrogen-bond donors (Lipinski definition) is 2. The maximum absolute atomic E-state index is 11.2. The van der Waals surface area contributed by atoms with Crippen molar-refractivity contribution in [2.45, 2.75) is 0 Å². The Labute approximate surface area is 79.8 Å². The van der Waals surface area contributed by atoms with E-state index in [1.54, 1.807) is 7.05 Å². The minimum absolute atomic E-state index is 0.00306. The summed E-state index contributed by atoms with van der Waals surface area (Å²) in [7, 11) is -1.63. The second-order valence-electron chi connectivity index (χ2n) is 2.19. The Hall–Kier alpha value is -0.800. The lowest BCUT2D eigenvalue weighted by Gasteiger charge is -2.02. The summed E-state index contributed by atoms with van der Waals surface area (Å²) in [5.41, 5.74) is 0. The second kappa shape index (κ2) is 4.44. The van der Waals surface area contributed by atoms with E-state index < -0.39 is 10.0 Å². The van der Waals surface area contributed by atoms with Gasteiger partial charge in [0, 0.05) is 18.1 Å². The smallest absolute Gasteiger partial charge is 0.238 e. The van der Waals surface area contributed by atoms with Gasteiger partial charge in [0.05, 0.1) is 5.75 Å². The highest BCUT2D eigenvalue weighted by Gasteiger charge is 2.11. The van der Waals surface area contributed by atoms with Gasteiger partial charge in [0.1, 0.15) is 0 Å². The maximum Gasteiger partial charge on any atom is 0.238 e. The molecule has 7 nitrogen and oxygen atoms in total. The molecule has 0 radical (unpaired) electrons. The van der Waals surface area contributed by atoms with Crippen LogP contribution in [0.2, 0.25) is 0 Å². The Morgan fingerprint density at radius 1 is 1.54 bits per heavy atom. The van der Waals surface area contributed by atoms with Gasteiger partial charge < -0.3 is 5.32 Å². The molecule has 0 aliphatic carbocycles. The Kier molecular flexibility index (Phi) is 3.51. The van der Waals surface area contributed by atoms with Crippen LogP contribution in [0, 0.1) is 0 Å². The van der Waals surface area contributed by atoms with Crippen molar-refractivity contribution in [3.8, 4) is 0 Å². The van der Waals surface area contributed by atoms with Crippen LogP contribution in [0.3, 0.4) is 0 Å². The van der Waals surface area contributed by atoms with Gasteiger partial charge >= 0.3 is 0 Å². The highest BCUT2D eigenvalue weighted by Crippen LogP contribution is 2.06. The summed E-state index contributed by atoms with van der Waals surface area (Å²) in [6.07, 6.45) is 0. The van der Waals surface area contributed by atoms with E-state index in [1.807, 2.05) is 0 Å². The molecule has 13 heavy (non-hydrogen) atoms. The molecule has 0 aliphatic rings. The van der Waals surface area contributed by atoms with Crippen LogP contribution >= 0.6 is 11.5 Å². The first-order chi connectivity index (χ1) is 6.14. The molecule has 0 spiro atoms. The summed E-state index contributed by atoms with van der Waals surface area (Å²) in [4.78, 5) is 0. The summed E-state index contributed by atoms with van der Waals surface area (Å²) in [6.45, 7) is 0.390. The largest absolute Gasteiger partial charge is 0.319 e. The van der Waals surface area contributed by atoms with Crippen LogP contribution in [0.4, 0.5) is 5.13 Å². The van der Waals surface area contributed by atoms with E-state index in [9.17, 15) is 8.42 Å². The van der Waals surface area contributed by atoms with Crippen molar-refractivity contribution in [3.63, 3.8) is 0 Å². The lowest BCUT2D eigenvalue weighted by molar-refractivity contribution is 0.598. The summed E-state index contributed by atoms with van der Waals surface area (Å²) in [6, 6.07) is 0. The predicted octanol–water partition coefficient (Wildman–Crippen LogP) is -1.11. The van der Waals surface area contributed by atoms with E-state index in [4.69, 9.17) is 0 Å². The number of hydrogen-bond acceptors (Lipinski definition) is 7. The average molecular weight is 223 g/mol. The molecule has 74 valence electrons. The van der Waals surface area contributed by atoms with Gasteiger partial charge in [0.15, 0.2) is 0 Å². The van der Waals surface area contributed by atoms with Crippen molar-refractivity contribution in [3.05, 3.63) is 0 Å². The highest BCUT2D eigenvalue weighted by atomic mass is 32.2. The molecule has 0 aromatic carbocycles. The summed E-state index contributed by atoms with van der Waals surface area (Å²) >= 11 is 0.900. The van der Waals surface area contributed by atoms with E-state index in [0.29, 0.717) is 6.54 Å². The van der Waals surface area contributed by atoms with Crippen LogP contribution in [0.25, 0.3) is 0 Å². The number of sulfonamides is 1. The van der Waals surface area contributed by atoms with Gasteiger partial charge in [-0.2, -0.15) is 0 Å². The summed E-state index contributed by atoms with van der Waals surface area (Å²) in [5.74, 6) is 0.00306. The summed E-state index contributed by atoms with van der Waals surface area (Å²) < 4.78 is 28.1. The monoisotopic (exact) mass is 223 g/mol. The van der Waals surface area contributed by atoms with Crippen molar-refractivity contribution < 1.29 is 8.42 Å². The van der Waals surface area contributed by atoms with E-state index in [2.05, 4.69) is 24.8 Å². The average Bonchev–Trinajstić information content (AvgIpc) is 2.52. The van der Waals surface area contributed by atoms with Crippen LogP contribution in [0.5, 0.6) is 0 Å². The van der Waals surface area contributed by atoms with Gasteiger partial charge in [0.25, 0.3) is 0 Å². The number of rotatable bonds is 5. The molecule has 9 heteroatoms. The van der Waals surface area contributed by atoms with E-state index >= 15 is 0 Å². The Morgan fingerprint density at radius 2 is 2.31 bits per heavy atom. The SMILES string of the molecule is CNCCS(=O)(=O)Nc1nnns1. The van der Waals surface area contributed by atoms with Crippen LogP contribution in [0.1, 0.15) is 0 Å². The van der Waals surface area contributed by atoms with Crippen LogP contribution in [-0.4, -0.2) is 42.6 Å². The molecule has 0 saturated carbocycles. The minimum atomic E-state index is -3.31. The van der Waals surface area contributed by atoms with Crippen molar-refractivity contribution in [1.82, 2.24) is 20.1 Å². The Bertz CT molecular complexity index is 333. The van der Waals surface area contributed by atoms with Crippen LogP contribution in [-0.2, 0) is 10.0 Å². The first-order valence-corrected chi connectivity index (χ1v) is 5.87. The van der Waals surface area contributed by atoms with Crippen LogP contribution < -0.4 is 10.0 Å². The number of aromatic nitrogens is 3. The molecule has 0 fully saturated rings. The van der Waals surface area contributed by atoms with Gasteiger partial charge in [-0.15, -0.1) is 0 Å². The second-order valence-corrected chi connectivity index (χ2v) is 4.77. The summed E-state index contributed by atoms with van der Waals surface area (Å²) in [5, 5.41) is 9.65. The normalized spacial score (nSPS) is 11.5. The molecule has 0 aliphatic heterocycles. The molecule has 0 atom stereocenters. The third-order valence-corrected chi connectivity index (χ3v) is 3.05. The van der Waals surface area contributed by atoms with Gasteiger partial charge in [-0.25, -0.2) is 8.42 Å². The zero-order chi connectivity index (χ0) is 9.73. The number of nitrogens with one attached hydrogen (secondary N) is 2. The molecule has 1 heterocycles. The lowest BCUT2D eigenvalue weighted by atomic mass is 10.8. The first kappa shape index (κ1) is 10.3. The van der Waals surface area contributed by atoms with Gasteiger partial charge in [-0.1, -0.05) is 9.59 Å². The van der Waals surface area contributed by atoms with Gasteiger partial charge in [-0.3, -0.25) is 4.72 Å². The van der Waals surface area contributed by atoms with Crippen molar-refractivity contribution in [1.29, 1.82) is 0 Å². The van der Waals surface area contributed by atoms with E-state index in [1.165, 1.54) is 0 Å². The van der Waals surface area contributed by atoms with Gasteiger partial charge in [-0.05, 0) is 12.3 Å². The standard InChI is InChI=1S/C4H9N5O2S2/c1-5-2-3-13(10,11)7-4-6-8-9-12-4/h5H,2-3H2,1H3,(H,6,7,9). The van der Waals surface area contributed by atoms with Crippen molar-refractivity contribution >= 4 is 26.7 Å². The topological polar surface area (TPSA) is 96.9 Å². The quantitative estimate of drug-likeness (QED) is 0.657. The fraction of sp³-hybridized carbons (Fsp3) is 0.750. The lowest BCUT2D eigenvalue weighted by Crippen LogP contribution is -2.24. The third-order valence-electron chi connectivity index (χ3n) is 1.16. The fourth-order valence-electron chi connectivity index (χ4n) is 0.594. The molecular weight excluding hydrogens is 214 g/mol. The predicted molar refractivity (Wildman–Crippen MR) is 49.0 cm³/mol. The molecule has 1 rings (SSSR count). The van der Waals surface area contributed by atoms with Crippen LogP contribution in [0.15, 0.2) is 0 Å². The fourth-order valence-corrected chi connectivity index (χ4v) is 2.23. The van der Waals surface area contributed by atoms with E-state index in [-0.39, 0.29) is 10.9 Å². The first-order valence-electron chi connectivity index (χ1n) is 3.44. The molecule has 0 amide bonds. The molecule has 2 N–H and O–H groups in total. The third kappa shape index (κ3) is 3.61. The molecule has 0 unspecified atom stereocenters. The Balaban J connectivity index is 2.53. The molecule has 0 bridgehead atoms. The molecule has 1 aromatic rings. The van der Waals surface area contributed by atoms with E-state index in [0.717, 1.165) is 11.5 Å². The molecule has 0 saturated heterocycles.